The number of pyridine rings is 1. The van der Waals surface area contributed by atoms with Crippen molar-refractivity contribution in [1.29, 1.82) is 0 Å². The van der Waals surface area contributed by atoms with Crippen LogP contribution in [-0.4, -0.2) is 10.9 Å². The minimum absolute atomic E-state index is 0.257. The van der Waals surface area contributed by atoms with Crippen LogP contribution in [-0.2, 0) is 5.75 Å². The van der Waals surface area contributed by atoms with Gasteiger partial charge in [-0.05, 0) is 60.5 Å². The maximum Gasteiger partial charge on any atom is 0.291 e. The van der Waals surface area contributed by atoms with Crippen LogP contribution in [0.1, 0.15) is 21.7 Å². The Balaban J connectivity index is 1.62. The molecule has 0 aliphatic heterocycles. The number of amides is 1. The number of nitrogens with one attached hydrogen (secondary N) is 1. The Morgan fingerprint density at radius 3 is 2.75 bits per heavy atom. The van der Waals surface area contributed by atoms with Crippen LogP contribution in [0.15, 0.2) is 68.8 Å². The fourth-order valence-electron chi connectivity index (χ4n) is 2.07. The van der Waals surface area contributed by atoms with Crippen molar-refractivity contribution in [3.63, 3.8) is 0 Å². The van der Waals surface area contributed by atoms with E-state index in [0.29, 0.717) is 10.9 Å². The summed E-state index contributed by atoms with van der Waals surface area (Å²) in [5, 5.41) is 3.55. The fraction of sp³-hybridized carbons (Fsp3) is 0.111. The first-order chi connectivity index (χ1) is 11.6. The third-order valence-corrected chi connectivity index (χ3v) is 5.22. The molecule has 0 bridgehead atoms. The second-order valence-electron chi connectivity index (χ2n) is 5.18. The highest BCUT2D eigenvalue weighted by Gasteiger charge is 2.12. The first-order valence-electron chi connectivity index (χ1n) is 7.31. The number of aromatic nitrogens is 1. The molecule has 1 aromatic carbocycles. The molecule has 1 amide bonds. The summed E-state index contributed by atoms with van der Waals surface area (Å²) in [7, 11) is 0. The molecular weight excluding hydrogens is 388 g/mol. The number of hydrogen-bond acceptors (Lipinski definition) is 4. The van der Waals surface area contributed by atoms with Crippen LogP contribution in [0.3, 0.4) is 0 Å². The summed E-state index contributed by atoms with van der Waals surface area (Å²) in [5.41, 5.74) is 2.95. The quantitative estimate of drug-likeness (QED) is 0.588. The van der Waals surface area contributed by atoms with E-state index in [1.807, 2.05) is 43.3 Å². The van der Waals surface area contributed by atoms with Crippen molar-refractivity contribution < 1.29 is 9.21 Å². The van der Waals surface area contributed by atoms with Crippen molar-refractivity contribution in [3.8, 4) is 0 Å². The van der Waals surface area contributed by atoms with Gasteiger partial charge < -0.3 is 9.73 Å². The lowest BCUT2D eigenvalue weighted by Gasteiger charge is -2.05. The van der Waals surface area contributed by atoms with Gasteiger partial charge in [0, 0.05) is 28.3 Å². The Kier molecular flexibility index (Phi) is 5.37. The Bertz CT molecular complexity index is 849. The van der Waals surface area contributed by atoms with Crippen molar-refractivity contribution in [2.75, 3.05) is 5.32 Å². The highest BCUT2D eigenvalue weighted by atomic mass is 79.9. The Morgan fingerprint density at radius 2 is 2.00 bits per heavy atom. The number of benzene rings is 1. The summed E-state index contributed by atoms with van der Waals surface area (Å²) in [6, 6.07) is 13.1. The van der Waals surface area contributed by atoms with Crippen molar-refractivity contribution >= 4 is 39.3 Å². The lowest BCUT2D eigenvalue weighted by Crippen LogP contribution is -2.10. The molecule has 0 aliphatic rings. The molecule has 6 heteroatoms. The number of aryl methyl sites for hydroxylation is 1. The number of carbonyl (C=O) groups excluding carboxylic acids is 1. The standard InChI is InChI=1S/C18H15BrN2O2S/c1-12-10-14(2-3-15(12)19)21-18(22)16-4-5-17(23-16)24-11-13-6-8-20-9-7-13/h2-10H,11H2,1H3,(H,21,22). The van der Waals surface area contributed by atoms with E-state index in [0.717, 1.165) is 27.0 Å². The molecule has 0 saturated heterocycles. The number of carbonyl (C=O) groups is 1. The second-order valence-corrected chi connectivity index (χ2v) is 7.01. The summed E-state index contributed by atoms with van der Waals surface area (Å²) in [5.74, 6) is 0.809. The first-order valence-corrected chi connectivity index (χ1v) is 9.09. The van der Waals surface area contributed by atoms with E-state index in [2.05, 4.69) is 26.2 Å². The maximum atomic E-state index is 12.3. The zero-order valence-corrected chi connectivity index (χ0v) is 15.4. The van der Waals surface area contributed by atoms with Gasteiger partial charge in [-0.1, -0.05) is 27.7 Å². The number of nitrogens with zero attached hydrogens (tertiary/aromatic N) is 1. The van der Waals surface area contributed by atoms with Gasteiger partial charge in [-0.15, -0.1) is 0 Å². The third-order valence-electron chi connectivity index (χ3n) is 3.35. The second kappa shape index (κ2) is 7.68. The van der Waals surface area contributed by atoms with Crippen LogP contribution >= 0.6 is 27.7 Å². The van der Waals surface area contributed by atoms with Crippen molar-refractivity contribution in [2.24, 2.45) is 0 Å². The average molecular weight is 403 g/mol. The summed E-state index contributed by atoms with van der Waals surface area (Å²) in [6.45, 7) is 1.97. The summed E-state index contributed by atoms with van der Waals surface area (Å²) in [6.07, 6.45) is 3.52. The van der Waals surface area contributed by atoms with Gasteiger partial charge in [0.25, 0.3) is 5.91 Å². The molecule has 1 N–H and O–H groups in total. The molecule has 0 aliphatic carbocycles. The van der Waals surface area contributed by atoms with E-state index in [1.165, 1.54) is 0 Å². The van der Waals surface area contributed by atoms with Gasteiger partial charge in [-0.2, -0.15) is 0 Å². The Labute approximate surface area is 152 Å². The van der Waals surface area contributed by atoms with E-state index in [4.69, 9.17) is 4.42 Å². The molecular formula is C18H15BrN2O2S. The normalized spacial score (nSPS) is 10.6. The van der Waals surface area contributed by atoms with Gasteiger partial charge in [-0.25, -0.2) is 0 Å². The molecule has 0 fully saturated rings. The lowest BCUT2D eigenvalue weighted by atomic mass is 10.2. The molecule has 122 valence electrons. The molecule has 0 radical (unpaired) electrons. The van der Waals surface area contributed by atoms with Crippen molar-refractivity contribution in [2.45, 2.75) is 17.8 Å². The molecule has 0 saturated carbocycles. The number of anilines is 1. The number of furan rings is 1. The van der Waals surface area contributed by atoms with E-state index in [9.17, 15) is 4.79 Å². The van der Waals surface area contributed by atoms with E-state index < -0.39 is 0 Å². The Hall–Kier alpha value is -2.05. The minimum Gasteiger partial charge on any atom is -0.445 e. The summed E-state index contributed by atoms with van der Waals surface area (Å²) in [4.78, 5) is 16.3. The molecule has 24 heavy (non-hydrogen) atoms. The van der Waals surface area contributed by atoms with Gasteiger partial charge in [0.05, 0.1) is 0 Å². The lowest BCUT2D eigenvalue weighted by molar-refractivity contribution is 0.0992. The molecule has 0 unspecified atom stereocenters. The van der Waals surface area contributed by atoms with E-state index in [-0.39, 0.29) is 5.91 Å². The van der Waals surface area contributed by atoms with Crippen LogP contribution < -0.4 is 5.32 Å². The monoisotopic (exact) mass is 402 g/mol. The van der Waals surface area contributed by atoms with Crippen LogP contribution in [0.4, 0.5) is 5.69 Å². The number of hydrogen-bond donors (Lipinski definition) is 1. The molecule has 3 rings (SSSR count). The number of thioether (sulfide) groups is 1. The Morgan fingerprint density at radius 1 is 1.21 bits per heavy atom. The zero-order valence-electron chi connectivity index (χ0n) is 13.0. The van der Waals surface area contributed by atoms with Crippen LogP contribution in [0.5, 0.6) is 0 Å². The van der Waals surface area contributed by atoms with Gasteiger partial charge in [-0.3, -0.25) is 9.78 Å². The van der Waals surface area contributed by atoms with E-state index >= 15 is 0 Å². The van der Waals surface area contributed by atoms with Crippen LogP contribution in [0, 0.1) is 6.92 Å². The minimum atomic E-state index is -0.257. The van der Waals surface area contributed by atoms with Crippen molar-refractivity contribution in [3.05, 3.63) is 76.2 Å². The largest absolute Gasteiger partial charge is 0.445 e. The molecule has 0 atom stereocenters. The SMILES string of the molecule is Cc1cc(NC(=O)c2ccc(SCc3ccncc3)o2)ccc1Br. The van der Waals surface area contributed by atoms with Gasteiger partial charge in [0.2, 0.25) is 0 Å². The van der Waals surface area contributed by atoms with Gasteiger partial charge >= 0.3 is 0 Å². The summed E-state index contributed by atoms with van der Waals surface area (Å²) >= 11 is 4.98. The molecule has 2 heterocycles. The third kappa shape index (κ3) is 4.27. The molecule has 4 nitrogen and oxygen atoms in total. The van der Waals surface area contributed by atoms with Gasteiger partial charge in [0.1, 0.15) is 0 Å². The predicted molar refractivity (Wildman–Crippen MR) is 99.3 cm³/mol. The van der Waals surface area contributed by atoms with E-state index in [1.54, 1.807) is 30.2 Å². The smallest absolute Gasteiger partial charge is 0.291 e. The summed E-state index contributed by atoms with van der Waals surface area (Å²) < 4.78 is 6.63. The van der Waals surface area contributed by atoms with Crippen LogP contribution in [0.25, 0.3) is 0 Å². The topological polar surface area (TPSA) is 55.1 Å². The molecule has 3 aromatic rings. The maximum absolute atomic E-state index is 12.3. The number of halogens is 1. The average Bonchev–Trinajstić information content (AvgIpc) is 3.06. The first kappa shape index (κ1) is 16.8. The van der Waals surface area contributed by atoms with Crippen molar-refractivity contribution in [1.82, 2.24) is 4.98 Å². The van der Waals surface area contributed by atoms with Gasteiger partial charge in [0.15, 0.2) is 10.9 Å². The highest BCUT2D eigenvalue weighted by molar-refractivity contribution is 9.10. The predicted octanol–water partition coefficient (Wildman–Crippen LogP) is 5.29. The number of rotatable bonds is 5. The highest BCUT2D eigenvalue weighted by Crippen LogP contribution is 2.25. The van der Waals surface area contributed by atoms with Crippen LogP contribution in [0.2, 0.25) is 0 Å². The molecule has 2 aromatic heterocycles. The fourth-order valence-corrected chi connectivity index (χ4v) is 3.13. The zero-order chi connectivity index (χ0) is 16.9. The molecule has 0 spiro atoms.